The topological polar surface area (TPSA) is 133 Å². The molecule has 18 heavy (non-hydrogen) atoms. The van der Waals surface area contributed by atoms with Crippen molar-refractivity contribution in [1.82, 2.24) is 9.71 Å². The molecule has 2 N–H and O–H groups in total. The van der Waals surface area contributed by atoms with Crippen LogP contribution >= 0.6 is 15.6 Å². The van der Waals surface area contributed by atoms with Crippen molar-refractivity contribution >= 4 is 15.6 Å². The zero-order chi connectivity index (χ0) is 12.3. The van der Waals surface area contributed by atoms with Gasteiger partial charge in [-0.3, -0.25) is 14.9 Å². The Labute approximate surface area is 97.9 Å². The van der Waals surface area contributed by atoms with Gasteiger partial charge in [0.2, 0.25) is 0 Å². The number of hydrogen-bond acceptors (Lipinski definition) is 10. The average Bonchev–Trinajstić information content (AvgIpc) is 2.76. The minimum Gasteiger partial charge on any atom is -0.364 e. The van der Waals surface area contributed by atoms with Gasteiger partial charge < -0.3 is 9.05 Å². The second kappa shape index (κ2) is 2.34. The Morgan fingerprint density at radius 1 is 1.28 bits per heavy atom. The van der Waals surface area contributed by atoms with Gasteiger partial charge >= 0.3 is 21.7 Å². The number of phosphoric acid groups is 2. The highest BCUT2D eigenvalue weighted by molar-refractivity contribution is 7.50. The van der Waals surface area contributed by atoms with Crippen LogP contribution in [0.4, 0.5) is 0 Å². The summed E-state index contributed by atoms with van der Waals surface area (Å²) in [4.78, 5) is 3.84. The van der Waals surface area contributed by atoms with E-state index in [1.165, 1.54) is 0 Å². The maximum absolute atomic E-state index is 11.7. The standard InChI is InChI=1S/C5H3N3O8P2/c6-5-2(11-18(10,14-5)15-5)1-3-7-4-8(1)16-17(9,12-3)13-4/h2H,6H2. The van der Waals surface area contributed by atoms with Crippen molar-refractivity contribution in [3.63, 3.8) is 0 Å². The zero-order valence-corrected chi connectivity index (χ0v) is 10.00. The molecule has 96 valence electrons. The highest BCUT2D eigenvalue weighted by atomic mass is 31.2. The molecule has 0 amide bonds. The predicted molar refractivity (Wildman–Crippen MR) is 48.2 cm³/mol. The fourth-order valence-corrected chi connectivity index (χ4v) is 4.72. The van der Waals surface area contributed by atoms with Crippen molar-refractivity contribution in [1.29, 1.82) is 0 Å². The number of aromatic nitrogens is 2. The summed E-state index contributed by atoms with van der Waals surface area (Å²) in [5.74, 6) is -1.73. The van der Waals surface area contributed by atoms with Crippen LogP contribution in [0, 0.1) is 0 Å². The molecule has 3 fully saturated rings. The Morgan fingerprint density at radius 2 is 2.06 bits per heavy atom. The van der Waals surface area contributed by atoms with Gasteiger partial charge in [0.15, 0.2) is 11.8 Å². The lowest BCUT2D eigenvalue weighted by Gasteiger charge is -2.31. The highest BCUT2D eigenvalue weighted by Crippen LogP contribution is 2.77. The lowest BCUT2D eigenvalue weighted by atomic mass is 10.2. The van der Waals surface area contributed by atoms with Crippen LogP contribution in [0.3, 0.4) is 0 Å². The van der Waals surface area contributed by atoms with Crippen LogP contribution in [0.1, 0.15) is 11.8 Å². The molecule has 13 heteroatoms. The second-order valence-corrected chi connectivity index (χ2v) is 6.82. The number of rotatable bonds is 1. The zero-order valence-electron chi connectivity index (χ0n) is 8.21. The lowest BCUT2D eigenvalue weighted by molar-refractivity contribution is -0.181. The monoisotopic (exact) mass is 295 g/mol. The largest absolute Gasteiger partial charge is 0.670 e. The molecule has 7 rings (SSSR count). The summed E-state index contributed by atoms with van der Waals surface area (Å²) < 4.78 is 53.6. The van der Waals surface area contributed by atoms with Gasteiger partial charge in [0.25, 0.3) is 11.8 Å². The van der Waals surface area contributed by atoms with E-state index >= 15 is 0 Å². The molecule has 6 bridgehead atoms. The van der Waals surface area contributed by atoms with Gasteiger partial charge in [0.1, 0.15) is 0 Å². The van der Waals surface area contributed by atoms with Crippen LogP contribution in [0.15, 0.2) is 0 Å². The van der Waals surface area contributed by atoms with E-state index in [1.807, 2.05) is 0 Å². The van der Waals surface area contributed by atoms with E-state index in [1.54, 1.807) is 0 Å². The summed E-state index contributed by atoms with van der Waals surface area (Å²) in [5, 5.41) is 0. The van der Waals surface area contributed by atoms with Crippen LogP contribution in [-0.2, 0) is 22.7 Å². The minimum atomic E-state index is -3.66. The maximum Gasteiger partial charge on any atom is 0.670 e. The van der Waals surface area contributed by atoms with E-state index < -0.39 is 27.7 Å². The normalized spacial score (nSPS) is 49.5. The van der Waals surface area contributed by atoms with E-state index in [9.17, 15) is 9.13 Å². The smallest absolute Gasteiger partial charge is 0.364 e. The first-order chi connectivity index (χ1) is 8.40. The van der Waals surface area contributed by atoms with Gasteiger partial charge in [0, 0.05) is 0 Å². The number of nitrogens with zero attached hydrogens (tertiary/aromatic N) is 2. The van der Waals surface area contributed by atoms with Crippen LogP contribution in [0.2, 0.25) is 0 Å². The van der Waals surface area contributed by atoms with Crippen LogP contribution in [0.25, 0.3) is 0 Å². The molecule has 2 unspecified atom stereocenters. The summed E-state index contributed by atoms with van der Waals surface area (Å²) in [7, 11) is -7.25. The Morgan fingerprint density at radius 3 is 2.67 bits per heavy atom. The molecular formula is C5H3N3O8P2. The fourth-order valence-electron chi connectivity index (χ4n) is 2.10. The number of phosphoric ester groups is 2. The predicted octanol–water partition coefficient (Wildman–Crippen LogP) is 0.0433. The minimum absolute atomic E-state index is 0.0341. The summed E-state index contributed by atoms with van der Waals surface area (Å²) in [6.07, 6.45) is -1.07. The summed E-state index contributed by atoms with van der Waals surface area (Å²) >= 11 is 0. The Kier molecular flexibility index (Phi) is 1.27. The number of nitrogens with two attached hydrogens (primary N) is 1. The van der Waals surface area contributed by atoms with Gasteiger partial charge in [-0.2, -0.15) is 9.55 Å². The third kappa shape index (κ3) is 0.891. The van der Waals surface area contributed by atoms with Crippen molar-refractivity contribution in [2.24, 2.45) is 5.73 Å². The molecule has 1 aromatic rings. The van der Waals surface area contributed by atoms with Crippen molar-refractivity contribution in [3.05, 3.63) is 5.69 Å². The number of imidazole rings is 1. The molecule has 0 aliphatic carbocycles. The average molecular weight is 295 g/mol. The third-order valence-corrected chi connectivity index (χ3v) is 5.37. The summed E-state index contributed by atoms with van der Waals surface area (Å²) in [5.41, 5.74) is 5.82. The molecule has 6 aliphatic rings. The molecule has 0 radical (unpaired) electrons. The van der Waals surface area contributed by atoms with E-state index in [4.69, 9.17) is 33.0 Å². The second-order valence-electron chi connectivity index (χ2n) is 3.93. The first-order valence-corrected chi connectivity index (χ1v) is 7.63. The SMILES string of the molecule is NC12OP(=O)(OC1c1c3nc4n1OP(=O)(O3)O4)O2. The molecule has 6 aliphatic heterocycles. The van der Waals surface area contributed by atoms with Gasteiger partial charge in [0.05, 0.1) is 0 Å². The molecule has 0 aromatic carbocycles. The molecule has 11 nitrogen and oxygen atoms in total. The maximum atomic E-state index is 11.7. The van der Waals surface area contributed by atoms with Gasteiger partial charge in [-0.25, -0.2) is 13.6 Å². The van der Waals surface area contributed by atoms with Crippen molar-refractivity contribution in [2.75, 3.05) is 0 Å². The Bertz CT molecular complexity index is 696. The third-order valence-electron chi connectivity index (χ3n) is 2.74. The molecule has 1 aromatic heterocycles. The molecule has 7 heterocycles. The number of hydrogen-bond donors (Lipinski definition) is 1. The van der Waals surface area contributed by atoms with E-state index in [2.05, 4.69) is 4.98 Å². The molecule has 0 spiro atoms. The van der Waals surface area contributed by atoms with E-state index in [0.29, 0.717) is 0 Å². The lowest BCUT2D eigenvalue weighted by Crippen LogP contribution is -2.49. The van der Waals surface area contributed by atoms with Crippen molar-refractivity contribution < 1.29 is 36.4 Å². The Hall–Kier alpha value is -1.09. The van der Waals surface area contributed by atoms with Crippen LogP contribution in [0.5, 0.6) is 11.9 Å². The van der Waals surface area contributed by atoms with Gasteiger partial charge in [-0.15, -0.1) is 4.73 Å². The summed E-state index contributed by atoms with van der Waals surface area (Å²) in [6.45, 7) is 0. The van der Waals surface area contributed by atoms with E-state index in [0.717, 1.165) is 4.73 Å². The first kappa shape index (κ1) is 9.79. The van der Waals surface area contributed by atoms with Gasteiger partial charge in [-0.05, 0) is 0 Å². The van der Waals surface area contributed by atoms with Crippen molar-refractivity contribution in [3.8, 4) is 11.9 Å². The molecule has 0 saturated carbocycles. The first-order valence-electron chi connectivity index (χ1n) is 4.71. The summed E-state index contributed by atoms with van der Waals surface area (Å²) in [6, 6.07) is -0.0517. The molecule has 2 atom stereocenters. The van der Waals surface area contributed by atoms with Crippen LogP contribution < -0.4 is 19.4 Å². The van der Waals surface area contributed by atoms with Gasteiger partial charge in [-0.1, -0.05) is 0 Å². The van der Waals surface area contributed by atoms with E-state index in [-0.39, 0.29) is 17.6 Å². The quantitative estimate of drug-likeness (QED) is 0.707. The molecule has 3 saturated heterocycles. The highest BCUT2D eigenvalue weighted by Gasteiger charge is 2.73. The van der Waals surface area contributed by atoms with Crippen molar-refractivity contribution in [2.45, 2.75) is 12.0 Å². The van der Waals surface area contributed by atoms with Crippen LogP contribution in [-0.4, -0.2) is 15.6 Å². The number of fused-ring (bicyclic) bond motifs is 2. The molecular weight excluding hydrogens is 292 g/mol. The fraction of sp³-hybridized carbons (Fsp3) is 0.400. The Balaban J connectivity index is 1.70.